The number of carbonyl (C=O) groups is 2. The van der Waals surface area contributed by atoms with Crippen molar-refractivity contribution in [2.45, 2.75) is 45.3 Å². The molecular weight excluding hydrogens is 358 g/mol. The Kier molecular flexibility index (Phi) is 6.46. The quantitative estimate of drug-likeness (QED) is 0.712. The van der Waals surface area contributed by atoms with Crippen molar-refractivity contribution in [1.29, 1.82) is 0 Å². The molecule has 1 amide bonds. The van der Waals surface area contributed by atoms with Gasteiger partial charge in [-0.3, -0.25) is 9.69 Å². The number of aromatic nitrogens is 1. The predicted molar refractivity (Wildman–Crippen MR) is 104 cm³/mol. The molecule has 1 aromatic carbocycles. The van der Waals surface area contributed by atoms with Gasteiger partial charge in [0, 0.05) is 31.6 Å². The molecule has 1 aliphatic heterocycles. The zero-order chi connectivity index (χ0) is 20.1. The summed E-state index contributed by atoms with van der Waals surface area (Å²) in [6.07, 6.45) is 2.28. The van der Waals surface area contributed by atoms with Gasteiger partial charge in [-0.05, 0) is 44.5 Å². The summed E-state index contributed by atoms with van der Waals surface area (Å²) in [5.41, 5.74) is 2.39. The van der Waals surface area contributed by atoms with Crippen LogP contribution < -0.4 is 0 Å². The Morgan fingerprint density at radius 3 is 2.71 bits per heavy atom. The lowest BCUT2D eigenvalue weighted by Crippen LogP contribution is -2.33. The smallest absolute Gasteiger partial charge is 0.337 e. The van der Waals surface area contributed by atoms with Gasteiger partial charge in [-0.2, -0.15) is 0 Å². The van der Waals surface area contributed by atoms with E-state index in [0.717, 1.165) is 29.9 Å². The van der Waals surface area contributed by atoms with E-state index in [1.165, 1.54) is 7.11 Å². The van der Waals surface area contributed by atoms with Crippen molar-refractivity contribution < 1.29 is 18.8 Å². The monoisotopic (exact) mass is 385 g/mol. The third-order valence-corrected chi connectivity index (χ3v) is 5.23. The van der Waals surface area contributed by atoms with Gasteiger partial charge < -0.3 is 14.2 Å². The summed E-state index contributed by atoms with van der Waals surface area (Å²) in [6.45, 7) is 3.86. The molecule has 1 atom stereocenters. The molecule has 0 saturated carbocycles. The molecule has 7 nitrogen and oxygen atoms in total. The number of esters is 1. The van der Waals surface area contributed by atoms with E-state index in [2.05, 4.69) is 17.1 Å². The van der Waals surface area contributed by atoms with Gasteiger partial charge in [0.15, 0.2) is 5.76 Å². The molecular formula is C21H27N3O4. The van der Waals surface area contributed by atoms with Gasteiger partial charge in [0.2, 0.25) is 5.91 Å². The van der Waals surface area contributed by atoms with E-state index in [0.29, 0.717) is 37.7 Å². The normalized spacial score (nSPS) is 17.6. The molecule has 2 heterocycles. The van der Waals surface area contributed by atoms with Gasteiger partial charge in [-0.1, -0.05) is 17.3 Å². The molecule has 7 heteroatoms. The molecule has 28 heavy (non-hydrogen) atoms. The van der Waals surface area contributed by atoms with Crippen molar-refractivity contribution in [2.24, 2.45) is 0 Å². The average Bonchev–Trinajstić information content (AvgIpc) is 3.01. The lowest BCUT2D eigenvalue weighted by molar-refractivity contribution is -0.131. The van der Waals surface area contributed by atoms with Gasteiger partial charge in [0.1, 0.15) is 0 Å². The first kappa shape index (κ1) is 20.1. The van der Waals surface area contributed by atoms with Crippen molar-refractivity contribution in [3.8, 4) is 0 Å². The molecule has 2 aromatic rings. The maximum atomic E-state index is 12.6. The number of methoxy groups -OCH3 is 1. The highest BCUT2D eigenvalue weighted by atomic mass is 16.5. The van der Waals surface area contributed by atoms with Crippen LogP contribution in [0.25, 0.3) is 0 Å². The summed E-state index contributed by atoms with van der Waals surface area (Å²) in [6, 6.07) is 9.49. The Morgan fingerprint density at radius 1 is 1.32 bits per heavy atom. The molecule has 1 aromatic heterocycles. The Morgan fingerprint density at radius 2 is 2.07 bits per heavy atom. The number of rotatable bonds is 6. The first-order chi connectivity index (χ1) is 13.5. The van der Waals surface area contributed by atoms with Crippen molar-refractivity contribution in [2.75, 3.05) is 20.7 Å². The first-order valence-corrected chi connectivity index (χ1v) is 9.53. The Bertz CT molecular complexity index is 815. The number of carbonyl (C=O) groups excluding carboxylic acids is 2. The summed E-state index contributed by atoms with van der Waals surface area (Å²) < 4.78 is 10.0. The van der Waals surface area contributed by atoms with Crippen LogP contribution in [0.2, 0.25) is 0 Å². The fourth-order valence-corrected chi connectivity index (χ4v) is 3.58. The third kappa shape index (κ3) is 4.98. The van der Waals surface area contributed by atoms with Gasteiger partial charge in [-0.25, -0.2) is 4.79 Å². The number of aryl methyl sites for hydroxylation is 1. The standard InChI is InChI=1S/C21H27N3O4/c1-15-12-19(28-22-15)14-23(2)18-8-9-20(25)24(11-10-18)13-16-4-6-17(7-5-16)21(26)27-3/h4-7,12,18H,8-11,13-14H2,1-3H3. The minimum Gasteiger partial charge on any atom is -0.465 e. The molecule has 3 rings (SSSR count). The minimum atomic E-state index is -0.356. The van der Waals surface area contributed by atoms with Crippen LogP contribution in [0.5, 0.6) is 0 Å². The highest BCUT2D eigenvalue weighted by Gasteiger charge is 2.25. The van der Waals surface area contributed by atoms with Gasteiger partial charge in [0.05, 0.1) is 24.9 Å². The van der Waals surface area contributed by atoms with Crippen LogP contribution in [0.4, 0.5) is 0 Å². The van der Waals surface area contributed by atoms with Gasteiger partial charge in [-0.15, -0.1) is 0 Å². The SMILES string of the molecule is COC(=O)c1ccc(CN2CCC(N(C)Cc3cc(C)no3)CCC2=O)cc1. The topological polar surface area (TPSA) is 75.9 Å². The van der Waals surface area contributed by atoms with E-state index in [1.54, 1.807) is 12.1 Å². The van der Waals surface area contributed by atoms with Gasteiger partial charge >= 0.3 is 5.97 Å². The van der Waals surface area contributed by atoms with Crippen molar-refractivity contribution >= 4 is 11.9 Å². The second kappa shape index (κ2) is 9.01. The molecule has 0 aliphatic carbocycles. The summed E-state index contributed by atoms with van der Waals surface area (Å²) in [7, 11) is 3.43. The molecule has 1 saturated heterocycles. The second-order valence-electron chi connectivity index (χ2n) is 7.33. The summed E-state index contributed by atoms with van der Waals surface area (Å²) in [5, 5.41) is 3.93. The van der Waals surface area contributed by atoms with E-state index in [9.17, 15) is 9.59 Å². The van der Waals surface area contributed by atoms with E-state index in [-0.39, 0.29) is 11.9 Å². The predicted octanol–water partition coefficient (Wildman–Crippen LogP) is 2.78. The molecule has 0 N–H and O–H groups in total. The zero-order valence-electron chi connectivity index (χ0n) is 16.7. The van der Waals surface area contributed by atoms with E-state index in [4.69, 9.17) is 9.26 Å². The summed E-state index contributed by atoms with van der Waals surface area (Å²) in [5.74, 6) is 0.659. The van der Waals surface area contributed by atoms with Crippen LogP contribution in [-0.4, -0.2) is 53.6 Å². The lowest BCUT2D eigenvalue weighted by atomic mass is 10.1. The largest absolute Gasteiger partial charge is 0.465 e. The van der Waals surface area contributed by atoms with E-state index >= 15 is 0 Å². The van der Waals surface area contributed by atoms with Crippen LogP contribution in [0.3, 0.4) is 0 Å². The molecule has 0 spiro atoms. The number of likely N-dealkylation sites (tertiary alicyclic amines) is 1. The van der Waals surface area contributed by atoms with Crippen LogP contribution in [0, 0.1) is 6.92 Å². The zero-order valence-corrected chi connectivity index (χ0v) is 16.7. The number of amides is 1. The highest BCUT2D eigenvalue weighted by molar-refractivity contribution is 5.89. The summed E-state index contributed by atoms with van der Waals surface area (Å²) >= 11 is 0. The van der Waals surface area contributed by atoms with Crippen molar-refractivity contribution in [3.05, 3.63) is 52.9 Å². The molecule has 1 aliphatic rings. The summed E-state index contributed by atoms with van der Waals surface area (Å²) in [4.78, 5) is 28.3. The molecule has 150 valence electrons. The number of nitrogens with zero attached hydrogens (tertiary/aromatic N) is 3. The minimum absolute atomic E-state index is 0.170. The molecule has 1 unspecified atom stereocenters. The average molecular weight is 385 g/mol. The van der Waals surface area contributed by atoms with E-state index < -0.39 is 0 Å². The van der Waals surface area contributed by atoms with Crippen molar-refractivity contribution in [1.82, 2.24) is 15.0 Å². The van der Waals surface area contributed by atoms with E-state index in [1.807, 2.05) is 30.0 Å². The molecule has 1 fully saturated rings. The second-order valence-corrected chi connectivity index (χ2v) is 7.33. The Labute approximate surface area is 165 Å². The van der Waals surface area contributed by atoms with Crippen LogP contribution in [0.1, 0.15) is 46.6 Å². The fraction of sp³-hybridized carbons (Fsp3) is 0.476. The molecule has 0 radical (unpaired) electrons. The number of hydrogen-bond donors (Lipinski definition) is 0. The highest BCUT2D eigenvalue weighted by Crippen LogP contribution is 2.20. The third-order valence-electron chi connectivity index (χ3n) is 5.23. The van der Waals surface area contributed by atoms with Crippen LogP contribution in [0.15, 0.2) is 34.9 Å². The maximum Gasteiger partial charge on any atom is 0.337 e. The number of benzene rings is 1. The number of hydrogen-bond acceptors (Lipinski definition) is 6. The fourth-order valence-electron chi connectivity index (χ4n) is 3.58. The van der Waals surface area contributed by atoms with Crippen LogP contribution in [-0.2, 0) is 22.6 Å². The number of ether oxygens (including phenoxy) is 1. The van der Waals surface area contributed by atoms with Gasteiger partial charge in [0.25, 0.3) is 0 Å². The van der Waals surface area contributed by atoms with Crippen LogP contribution >= 0.6 is 0 Å². The Hall–Kier alpha value is -2.67. The lowest BCUT2D eigenvalue weighted by Gasteiger charge is -2.26. The molecule has 0 bridgehead atoms. The first-order valence-electron chi connectivity index (χ1n) is 9.53. The Balaban J connectivity index is 1.57. The maximum absolute atomic E-state index is 12.6. The van der Waals surface area contributed by atoms with Crippen molar-refractivity contribution in [3.63, 3.8) is 0 Å².